The van der Waals surface area contributed by atoms with Crippen molar-refractivity contribution in [2.45, 2.75) is 39.2 Å². The zero-order valence-corrected chi connectivity index (χ0v) is 19.7. The van der Waals surface area contributed by atoms with E-state index in [1.165, 1.54) is 0 Å². The fraction of sp³-hybridized carbons (Fsp3) is 0.889. The van der Waals surface area contributed by atoms with Crippen molar-refractivity contribution in [1.82, 2.24) is 15.5 Å². The van der Waals surface area contributed by atoms with E-state index in [9.17, 15) is 4.79 Å². The van der Waals surface area contributed by atoms with Gasteiger partial charge >= 0.3 is 6.09 Å². The molecule has 1 unspecified atom stereocenters. The first-order chi connectivity index (χ1) is 12.4. The summed E-state index contributed by atoms with van der Waals surface area (Å²) in [6.07, 6.45) is 1.53. The summed E-state index contributed by atoms with van der Waals surface area (Å²) in [5.74, 6) is 1.43. The van der Waals surface area contributed by atoms with Crippen molar-refractivity contribution in [2.24, 2.45) is 10.9 Å². The van der Waals surface area contributed by atoms with Crippen LogP contribution < -0.4 is 10.6 Å². The first-order valence-electron chi connectivity index (χ1n) is 9.35. The van der Waals surface area contributed by atoms with Crippen LogP contribution in [0, 0.1) is 5.92 Å². The van der Waals surface area contributed by atoms with E-state index in [1.54, 1.807) is 14.2 Å². The van der Waals surface area contributed by atoms with Crippen LogP contribution in [0.15, 0.2) is 4.99 Å². The maximum absolute atomic E-state index is 11.6. The predicted molar refractivity (Wildman–Crippen MR) is 118 cm³/mol. The molecule has 1 rings (SSSR count). The number of methoxy groups -OCH3 is 1. The number of amides is 1. The van der Waals surface area contributed by atoms with Gasteiger partial charge in [0.05, 0.1) is 19.8 Å². The number of alkyl carbamates (subject to hydrolysis) is 1. The maximum atomic E-state index is 11.6. The molecule has 0 aromatic carbocycles. The highest BCUT2D eigenvalue weighted by Gasteiger charge is 2.24. The summed E-state index contributed by atoms with van der Waals surface area (Å²) in [7, 11) is 3.48. The smallest absolute Gasteiger partial charge is 0.407 e. The Morgan fingerprint density at radius 2 is 1.93 bits per heavy atom. The van der Waals surface area contributed by atoms with Crippen LogP contribution >= 0.6 is 24.0 Å². The van der Waals surface area contributed by atoms with Gasteiger partial charge in [0.1, 0.15) is 5.60 Å². The van der Waals surface area contributed by atoms with E-state index in [0.717, 1.165) is 45.0 Å². The summed E-state index contributed by atoms with van der Waals surface area (Å²) in [6, 6.07) is 0. The Labute approximate surface area is 180 Å². The molecule has 1 saturated heterocycles. The van der Waals surface area contributed by atoms with E-state index >= 15 is 0 Å². The summed E-state index contributed by atoms with van der Waals surface area (Å²) in [5, 5.41) is 6.11. The Morgan fingerprint density at radius 1 is 1.22 bits per heavy atom. The number of hydrogen-bond donors (Lipinski definition) is 2. The number of carbonyl (C=O) groups excluding carboxylic acids is 1. The highest BCUT2D eigenvalue weighted by molar-refractivity contribution is 14.0. The molecule has 160 valence electrons. The molecule has 0 bridgehead atoms. The summed E-state index contributed by atoms with van der Waals surface area (Å²) in [4.78, 5) is 18.2. The summed E-state index contributed by atoms with van der Waals surface area (Å²) < 4.78 is 15.8. The van der Waals surface area contributed by atoms with Crippen LogP contribution in [-0.2, 0) is 14.2 Å². The van der Waals surface area contributed by atoms with Crippen molar-refractivity contribution in [2.75, 3.05) is 60.2 Å². The number of likely N-dealkylation sites (tertiary alicyclic amines) is 1. The molecule has 8 nitrogen and oxygen atoms in total. The van der Waals surface area contributed by atoms with E-state index in [2.05, 4.69) is 20.5 Å². The molecular weight excluding hydrogens is 463 g/mol. The number of aliphatic imine (C=N–C) groups is 1. The topological polar surface area (TPSA) is 84.4 Å². The van der Waals surface area contributed by atoms with Gasteiger partial charge in [0.15, 0.2) is 5.96 Å². The number of nitrogens with one attached hydrogen (secondary N) is 2. The van der Waals surface area contributed by atoms with Gasteiger partial charge in [-0.05, 0) is 33.6 Å². The Hall–Kier alpha value is -0.810. The van der Waals surface area contributed by atoms with Gasteiger partial charge < -0.3 is 29.7 Å². The van der Waals surface area contributed by atoms with Crippen LogP contribution in [0.5, 0.6) is 0 Å². The number of carbonyl (C=O) groups is 1. The summed E-state index contributed by atoms with van der Waals surface area (Å²) >= 11 is 0. The lowest BCUT2D eigenvalue weighted by Gasteiger charge is -2.22. The minimum atomic E-state index is -0.468. The van der Waals surface area contributed by atoms with E-state index in [4.69, 9.17) is 14.2 Å². The molecule has 0 aromatic rings. The van der Waals surface area contributed by atoms with Crippen molar-refractivity contribution in [3.8, 4) is 0 Å². The molecule has 0 radical (unpaired) electrons. The van der Waals surface area contributed by atoms with Crippen LogP contribution in [-0.4, -0.2) is 82.7 Å². The van der Waals surface area contributed by atoms with Crippen molar-refractivity contribution in [3.05, 3.63) is 0 Å². The quantitative estimate of drug-likeness (QED) is 0.218. The van der Waals surface area contributed by atoms with E-state index in [-0.39, 0.29) is 30.1 Å². The third-order valence-electron chi connectivity index (χ3n) is 3.89. The number of nitrogens with zero attached hydrogens (tertiary/aromatic N) is 2. The fourth-order valence-electron chi connectivity index (χ4n) is 2.68. The monoisotopic (exact) mass is 500 g/mol. The van der Waals surface area contributed by atoms with Crippen molar-refractivity contribution in [3.63, 3.8) is 0 Å². The number of halogens is 1. The average molecular weight is 500 g/mol. The fourth-order valence-corrected chi connectivity index (χ4v) is 2.68. The van der Waals surface area contributed by atoms with Gasteiger partial charge in [0, 0.05) is 46.3 Å². The Kier molecular flexibility index (Phi) is 13.8. The molecule has 0 spiro atoms. The number of hydrogen-bond acceptors (Lipinski definition) is 5. The molecule has 0 aliphatic carbocycles. The molecular formula is C18H37IN4O4. The molecule has 1 amide bonds. The first-order valence-corrected chi connectivity index (χ1v) is 9.35. The van der Waals surface area contributed by atoms with Gasteiger partial charge in [-0.3, -0.25) is 4.99 Å². The van der Waals surface area contributed by atoms with Crippen LogP contribution in [0.4, 0.5) is 4.79 Å². The van der Waals surface area contributed by atoms with Crippen LogP contribution in [0.25, 0.3) is 0 Å². The minimum Gasteiger partial charge on any atom is -0.444 e. The highest BCUT2D eigenvalue weighted by Crippen LogP contribution is 2.16. The van der Waals surface area contributed by atoms with E-state index in [1.807, 2.05) is 20.8 Å². The number of guanidine groups is 1. The minimum absolute atomic E-state index is 0. The van der Waals surface area contributed by atoms with Crippen LogP contribution in [0.1, 0.15) is 33.6 Å². The normalized spacial score (nSPS) is 17.4. The summed E-state index contributed by atoms with van der Waals surface area (Å²) in [5.41, 5.74) is -0.468. The third-order valence-corrected chi connectivity index (χ3v) is 3.89. The molecule has 9 heteroatoms. The Morgan fingerprint density at radius 3 is 2.56 bits per heavy atom. The Balaban J connectivity index is 0.00000676. The van der Waals surface area contributed by atoms with Crippen LogP contribution in [0.2, 0.25) is 0 Å². The van der Waals surface area contributed by atoms with Gasteiger partial charge in [-0.25, -0.2) is 4.79 Å². The number of rotatable bonds is 9. The van der Waals surface area contributed by atoms with Crippen molar-refractivity contribution < 1.29 is 19.0 Å². The molecule has 0 aromatic heterocycles. The maximum Gasteiger partial charge on any atom is 0.407 e. The largest absolute Gasteiger partial charge is 0.444 e. The molecule has 0 saturated carbocycles. The second-order valence-electron chi connectivity index (χ2n) is 7.42. The lowest BCUT2D eigenvalue weighted by molar-refractivity contribution is 0.0527. The van der Waals surface area contributed by atoms with E-state index in [0.29, 0.717) is 25.7 Å². The van der Waals surface area contributed by atoms with Gasteiger partial charge in [0.25, 0.3) is 0 Å². The zero-order chi connectivity index (χ0) is 19.4. The van der Waals surface area contributed by atoms with Crippen LogP contribution in [0.3, 0.4) is 0 Å². The molecule has 27 heavy (non-hydrogen) atoms. The third kappa shape index (κ3) is 12.3. The second-order valence-corrected chi connectivity index (χ2v) is 7.42. The molecule has 2 N–H and O–H groups in total. The lowest BCUT2D eigenvalue weighted by Crippen LogP contribution is -2.41. The second kappa shape index (κ2) is 14.2. The molecule has 1 atom stereocenters. The van der Waals surface area contributed by atoms with Gasteiger partial charge in [-0.1, -0.05) is 0 Å². The van der Waals surface area contributed by atoms with Crippen molar-refractivity contribution in [1.29, 1.82) is 0 Å². The lowest BCUT2D eigenvalue weighted by atomic mass is 10.1. The SMILES string of the molecule is CN=C(NCCCNC(=O)OC(C)(C)C)N1CCC(COCCOC)C1.I. The number of ether oxygens (including phenoxy) is 3. The van der Waals surface area contributed by atoms with Gasteiger partial charge in [0.2, 0.25) is 0 Å². The zero-order valence-electron chi connectivity index (χ0n) is 17.4. The highest BCUT2D eigenvalue weighted by atomic mass is 127. The van der Waals surface area contributed by atoms with Crippen molar-refractivity contribution >= 4 is 36.0 Å². The molecule has 1 aliphatic rings. The van der Waals surface area contributed by atoms with E-state index < -0.39 is 5.60 Å². The predicted octanol–water partition coefficient (Wildman–Crippen LogP) is 2.08. The Bertz CT molecular complexity index is 444. The standard InChI is InChI=1S/C18H36N4O4.HI/c1-18(2,3)26-17(23)21-9-6-8-20-16(19-4)22-10-7-15(13-22)14-25-12-11-24-5;/h15H,6-14H2,1-5H3,(H,19,20)(H,21,23);1H. The van der Waals surface area contributed by atoms with Gasteiger partial charge in [-0.2, -0.15) is 0 Å². The molecule has 1 heterocycles. The first kappa shape index (κ1) is 26.2. The molecule has 1 fully saturated rings. The molecule has 1 aliphatic heterocycles. The average Bonchev–Trinajstić information content (AvgIpc) is 3.02. The van der Waals surface area contributed by atoms with Gasteiger partial charge in [-0.15, -0.1) is 24.0 Å². The summed E-state index contributed by atoms with van der Waals surface area (Å²) in [6.45, 7) is 10.8.